The fourth-order valence-corrected chi connectivity index (χ4v) is 3.71. The number of rotatable bonds is 9. The van der Waals surface area contributed by atoms with Gasteiger partial charge in [-0.1, -0.05) is 19.4 Å². The van der Waals surface area contributed by atoms with E-state index in [9.17, 15) is 14.7 Å². The number of hydrogen-bond donors (Lipinski definition) is 2. The summed E-state index contributed by atoms with van der Waals surface area (Å²) in [6.45, 7) is 3.55. The molecule has 0 aliphatic carbocycles. The first-order chi connectivity index (χ1) is 16.0. The number of pyridine rings is 1. The van der Waals surface area contributed by atoms with E-state index in [1.165, 1.54) is 11.3 Å². The molecule has 1 aromatic carbocycles. The van der Waals surface area contributed by atoms with E-state index < -0.39 is 0 Å². The van der Waals surface area contributed by atoms with Crippen LogP contribution in [0.25, 0.3) is 5.65 Å². The van der Waals surface area contributed by atoms with E-state index in [1.807, 2.05) is 13.0 Å². The van der Waals surface area contributed by atoms with Crippen molar-refractivity contribution in [2.45, 2.75) is 46.1 Å². The molecule has 0 aliphatic heterocycles. The standard InChI is InChI=1S/C23H24N6O4.K.H/c1-3-5-18-19(9-8-17(14(2)30)21(18)31)33-13-16-6-4-11-29-22(16)24-12-15(23(29)32)7-10-20-25-27-28-26-20;;/h4,6,8-9,11-12,31H,3,5,7,10,13H2,1-2H3,(H,25,26,27,28);;. The Morgan fingerprint density at radius 1 is 1.18 bits per heavy atom. The fourth-order valence-electron chi connectivity index (χ4n) is 3.71. The van der Waals surface area contributed by atoms with Crippen LogP contribution in [0, 0.1) is 0 Å². The Hall–Kier alpha value is -2.44. The predicted octanol–water partition coefficient (Wildman–Crippen LogP) is 1.78. The monoisotopic (exact) mass is 488 g/mol. The van der Waals surface area contributed by atoms with Gasteiger partial charge in [-0.25, -0.2) is 10.1 Å². The topological polar surface area (TPSA) is 135 Å². The zero-order chi connectivity index (χ0) is 23.4. The molecule has 0 aliphatic rings. The molecule has 4 rings (SSSR count). The van der Waals surface area contributed by atoms with Gasteiger partial charge in [-0.05, 0) is 48.4 Å². The second-order valence-corrected chi connectivity index (χ2v) is 7.70. The number of ether oxygens (including phenoxy) is 1. The molecule has 0 atom stereocenters. The number of aromatic amines is 1. The normalized spacial score (nSPS) is 10.8. The quantitative estimate of drug-likeness (QED) is 0.269. The maximum absolute atomic E-state index is 13.0. The number of aromatic hydroxyl groups is 1. The van der Waals surface area contributed by atoms with Crippen LogP contribution >= 0.6 is 0 Å². The fraction of sp³-hybridized carbons (Fsp3) is 0.304. The third kappa shape index (κ3) is 5.61. The minimum atomic E-state index is -0.204. The van der Waals surface area contributed by atoms with Gasteiger partial charge in [0, 0.05) is 35.5 Å². The minimum absolute atomic E-state index is 0. The zero-order valence-electron chi connectivity index (χ0n) is 18.4. The number of aromatic nitrogens is 6. The van der Waals surface area contributed by atoms with Crippen molar-refractivity contribution in [1.82, 2.24) is 30.0 Å². The van der Waals surface area contributed by atoms with E-state index in [0.717, 1.165) is 12.0 Å². The molecular formula is C23H25KN6O4. The molecule has 34 heavy (non-hydrogen) atoms. The van der Waals surface area contributed by atoms with Gasteiger partial charge < -0.3 is 9.84 Å². The first kappa shape index (κ1) is 26.2. The number of aryl methyl sites for hydroxylation is 2. The molecule has 0 radical (unpaired) electrons. The van der Waals surface area contributed by atoms with Crippen LogP contribution in [0.2, 0.25) is 0 Å². The van der Waals surface area contributed by atoms with Gasteiger partial charge in [0.2, 0.25) is 0 Å². The third-order valence-corrected chi connectivity index (χ3v) is 5.41. The van der Waals surface area contributed by atoms with E-state index in [0.29, 0.717) is 47.6 Å². The number of fused-ring (bicyclic) bond motifs is 1. The van der Waals surface area contributed by atoms with E-state index in [2.05, 4.69) is 25.6 Å². The summed E-state index contributed by atoms with van der Waals surface area (Å²) < 4.78 is 7.51. The van der Waals surface area contributed by atoms with Crippen molar-refractivity contribution in [3.63, 3.8) is 0 Å². The molecule has 0 fully saturated rings. The number of tetrazole rings is 1. The number of Topliss-reactive ketones (excluding diaryl/α,β-unsaturated/α-hetero) is 1. The Labute approximate surface area is 238 Å². The predicted molar refractivity (Wildman–Crippen MR) is 127 cm³/mol. The summed E-state index contributed by atoms with van der Waals surface area (Å²) >= 11 is 0. The molecule has 3 aromatic heterocycles. The molecule has 11 heteroatoms. The van der Waals surface area contributed by atoms with Crippen molar-refractivity contribution in [2.24, 2.45) is 0 Å². The molecule has 0 saturated carbocycles. The Kier molecular flexibility index (Phi) is 9.08. The Balaban J connectivity index is 0.00000324. The molecule has 0 saturated heterocycles. The summed E-state index contributed by atoms with van der Waals surface area (Å²) in [7, 11) is 0. The number of nitrogens with one attached hydrogen (secondary N) is 1. The van der Waals surface area contributed by atoms with Crippen molar-refractivity contribution < 1.29 is 14.6 Å². The maximum atomic E-state index is 13.0. The number of carbonyl (C=O) groups is 1. The van der Waals surface area contributed by atoms with Crippen LogP contribution in [0.5, 0.6) is 11.5 Å². The van der Waals surface area contributed by atoms with Crippen LogP contribution in [0.4, 0.5) is 0 Å². The van der Waals surface area contributed by atoms with Crippen LogP contribution in [-0.2, 0) is 25.9 Å². The van der Waals surface area contributed by atoms with Gasteiger partial charge in [0.25, 0.3) is 5.56 Å². The van der Waals surface area contributed by atoms with Gasteiger partial charge in [0.05, 0.1) is 5.56 Å². The first-order valence-corrected chi connectivity index (χ1v) is 10.7. The second kappa shape index (κ2) is 11.8. The number of hydrogen-bond acceptors (Lipinski definition) is 8. The zero-order valence-corrected chi connectivity index (χ0v) is 18.4. The molecule has 2 N–H and O–H groups in total. The summed E-state index contributed by atoms with van der Waals surface area (Å²) in [5, 5.41) is 24.1. The van der Waals surface area contributed by atoms with E-state index >= 15 is 0 Å². The molecule has 0 unspecified atom stereocenters. The Bertz CT molecular complexity index is 1350. The van der Waals surface area contributed by atoms with E-state index in [4.69, 9.17) is 4.74 Å². The third-order valence-electron chi connectivity index (χ3n) is 5.41. The van der Waals surface area contributed by atoms with E-state index in [1.54, 1.807) is 30.6 Å². The second-order valence-electron chi connectivity index (χ2n) is 7.70. The van der Waals surface area contributed by atoms with Gasteiger partial charge >= 0.3 is 51.4 Å². The van der Waals surface area contributed by atoms with Crippen LogP contribution in [0.15, 0.2) is 41.5 Å². The van der Waals surface area contributed by atoms with Crippen molar-refractivity contribution in [2.75, 3.05) is 0 Å². The average molecular weight is 489 g/mol. The number of ketones is 1. The van der Waals surface area contributed by atoms with Crippen molar-refractivity contribution in [3.05, 3.63) is 75.1 Å². The van der Waals surface area contributed by atoms with Crippen molar-refractivity contribution in [1.29, 1.82) is 0 Å². The summed E-state index contributed by atoms with van der Waals surface area (Å²) in [6, 6.07) is 6.87. The molecule has 4 aromatic rings. The molecule has 172 valence electrons. The van der Waals surface area contributed by atoms with Crippen molar-refractivity contribution in [3.8, 4) is 11.5 Å². The number of benzene rings is 1. The average Bonchev–Trinajstić information content (AvgIpc) is 3.33. The number of carbonyl (C=O) groups excluding carboxylic acids is 1. The molecule has 0 amide bonds. The van der Waals surface area contributed by atoms with Gasteiger partial charge in [-0.2, -0.15) is 0 Å². The van der Waals surface area contributed by atoms with Gasteiger partial charge in [-0.15, -0.1) is 5.10 Å². The molecule has 3 heterocycles. The number of H-pyrrole nitrogens is 1. The number of phenolic OH excluding ortho intramolecular Hbond substituents is 1. The molecular weight excluding hydrogens is 463 g/mol. The van der Waals surface area contributed by atoms with Crippen LogP contribution < -0.4 is 10.3 Å². The van der Waals surface area contributed by atoms with Crippen LogP contribution in [0.3, 0.4) is 0 Å². The molecule has 0 bridgehead atoms. The van der Waals surface area contributed by atoms with Gasteiger partial charge in [-0.3, -0.25) is 14.0 Å². The summed E-state index contributed by atoms with van der Waals surface area (Å²) in [5.74, 6) is 0.856. The Morgan fingerprint density at radius 3 is 2.71 bits per heavy atom. The Morgan fingerprint density at radius 2 is 2.00 bits per heavy atom. The SMILES string of the molecule is CCCc1c(OCc2cccn3c(=O)c(CCc4nnn[nH]4)cnc23)ccc(C(C)=O)c1O.[KH]. The first-order valence-electron chi connectivity index (χ1n) is 10.7. The summed E-state index contributed by atoms with van der Waals surface area (Å²) in [5.41, 5.74) is 2.48. The van der Waals surface area contributed by atoms with Crippen LogP contribution in [-0.4, -0.2) is 92.3 Å². The van der Waals surface area contributed by atoms with Crippen molar-refractivity contribution >= 4 is 62.8 Å². The van der Waals surface area contributed by atoms with E-state index in [-0.39, 0.29) is 80.6 Å². The molecule has 10 nitrogen and oxygen atoms in total. The molecule has 0 spiro atoms. The van der Waals surface area contributed by atoms with Crippen LogP contribution in [0.1, 0.15) is 53.1 Å². The summed E-state index contributed by atoms with van der Waals surface area (Å²) in [6.07, 6.45) is 5.54. The number of phenols is 1. The van der Waals surface area contributed by atoms with Gasteiger partial charge in [0.1, 0.15) is 29.6 Å². The van der Waals surface area contributed by atoms with Gasteiger partial charge in [0.15, 0.2) is 5.78 Å². The summed E-state index contributed by atoms with van der Waals surface area (Å²) in [4.78, 5) is 29.2. The number of nitrogens with zero attached hydrogens (tertiary/aromatic N) is 5.